The molecule has 0 unspecified atom stereocenters. The van der Waals surface area contributed by atoms with Gasteiger partial charge in [0, 0.05) is 18.1 Å². The molecule has 166 valence electrons. The highest BCUT2D eigenvalue weighted by atomic mass is 35.5. The molecular weight excluding hydrogens is 430 g/mol. The van der Waals surface area contributed by atoms with Crippen molar-refractivity contribution in [1.29, 1.82) is 0 Å². The molecule has 0 spiro atoms. The van der Waals surface area contributed by atoms with E-state index in [0.717, 1.165) is 30.7 Å². The lowest BCUT2D eigenvalue weighted by molar-refractivity contribution is -0.120. The second kappa shape index (κ2) is 8.43. The minimum atomic E-state index is -0.0695. The molecule has 4 bridgehead atoms. The van der Waals surface area contributed by atoms with Crippen molar-refractivity contribution in [1.82, 2.24) is 14.9 Å². The van der Waals surface area contributed by atoms with Crippen molar-refractivity contribution in [2.75, 3.05) is 12.3 Å². The molecule has 4 aliphatic rings. The number of carbonyl (C=O) groups excluding carboxylic acids is 1. The van der Waals surface area contributed by atoms with E-state index in [4.69, 9.17) is 11.6 Å². The molecule has 4 aliphatic carbocycles. The number of hydrogen-bond donors (Lipinski definition) is 1. The molecule has 0 saturated heterocycles. The lowest BCUT2D eigenvalue weighted by atomic mass is 9.49. The van der Waals surface area contributed by atoms with Crippen LogP contribution in [-0.2, 0) is 11.3 Å². The van der Waals surface area contributed by atoms with E-state index in [1.165, 1.54) is 50.3 Å². The first-order chi connectivity index (χ1) is 14.9. The maximum absolute atomic E-state index is 12.9. The summed E-state index contributed by atoms with van der Waals surface area (Å²) < 4.78 is 1.69. The van der Waals surface area contributed by atoms with Gasteiger partial charge in [0.1, 0.15) is 0 Å². The van der Waals surface area contributed by atoms with Gasteiger partial charge >= 0.3 is 0 Å². The van der Waals surface area contributed by atoms with Gasteiger partial charge in [0.15, 0.2) is 5.16 Å². The van der Waals surface area contributed by atoms with Crippen LogP contribution >= 0.6 is 23.4 Å². The number of amides is 1. The zero-order valence-electron chi connectivity index (χ0n) is 18.0. The first-order valence-corrected chi connectivity index (χ1v) is 12.9. The summed E-state index contributed by atoms with van der Waals surface area (Å²) in [5.74, 6) is 2.96. The van der Waals surface area contributed by atoms with Crippen LogP contribution in [-0.4, -0.2) is 27.8 Å². The zero-order chi connectivity index (χ0) is 21.6. The van der Waals surface area contributed by atoms with E-state index in [1.807, 2.05) is 6.92 Å². The fraction of sp³-hybridized carbons (Fsp3) is 0.625. The Labute approximate surface area is 192 Å². The van der Waals surface area contributed by atoms with Gasteiger partial charge in [0.2, 0.25) is 5.91 Å². The highest BCUT2D eigenvalue weighted by molar-refractivity contribution is 7.99. The van der Waals surface area contributed by atoms with Crippen LogP contribution in [0, 0.1) is 23.2 Å². The van der Waals surface area contributed by atoms with Gasteiger partial charge in [-0.25, -0.2) is 4.98 Å². The number of rotatable bonds is 7. The number of thioether (sulfide) groups is 1. The number of fused-ring (bicyclic) bond motifs is 1. The van der Waals surface area contributed by atoms with Crippen LogP contribution < -0.4 is 10.9 Å². The topological polar surface area (TPSA) is 64.0 Å². The maximum atomic E-state index is 12.9. The average Bonchev–Trinajstić information content (AvgIpc) is 2.72. The van der Waals surface area contributed by atoms with Crippen molar-refractivity contribution in [2.45, 2.75) is 63.6 Å². The predicted molar refractivity (Wildman–Crippen MR) is 126 cm³/mol. The Morgan fingerprint density at radius 2 is 1.90 bits per heavy atom. The van der Waals surface area contributed by atoms with Gasteiger partial charge < -0.3 is 5.32 Å². The summed E-state index contributed by atoms with van der Waals surface area (Å²) in [6.45, 7) is 3.42. The quantitative estimate of drug-likeness (QED) is 0.473. The predicted octanol–water partition coefficient (Wildman–Crippen LogP) is 4.88. The van der Waals surface area contributed by atoms with Crippen LogP contribution in [0.1, 0.15) is 51.9 Å². The molecule has 0 atom stereocenters. The fourth-order valence-corrected chi connectivity index (χ4v) is 7.70. The average molecular weight is 460 g/mol. The summed E-state index contributed by atoms with van der Waals surface area (Å²) in [4.78, 5) is 30.3. The number of nitrogens with one attached hydrogen (secondary N) is 1. The van der Waals surface area contributed by atoms with Crippen molar-refractivity contribution < 1.29 is 4.79 Å². The molecule has 0 aliphatic heterocycles. The molecule has 1 amide bonds. The summed E-state index contributed by atoms with van der Waals surface area (Å²) in [6, 6.07) is 5.16. The standard InChI is InChI=1S/C24H30ClN3O2S/c1-2-5-28-22(30)19-4-3-18(25)9-20(19)27-23(28)31-13-21(29)26-14-24-10-15-6-16(11-24)8-17(7-15)12-24/h3-4,9,15-17H,2,5-8,10-14H2,1H3,(H,26,29). The lowest BCUT2D eigenvalue weighted by Gasteiger charge is -2.56. The molecule has 7 heteroatoms. The molecule has 1 heterocycles. The fourth-order valence-electron chi connectivity index (χ4n) is 6.68. The maximum Gasteiger partial charge on any atom is 0.262 e. The number of aromatic nitrogens is 2. The molecule has 4 fully saturated rings. The largest absolute Gasteiger partial charge is 0.355 e. The Kier molecular flexibility index (Phi) is 5.80. The van der Waals surface area contributed by atoms with Gasteiger partial charge in [-0.2, -0.15) is 0 Å². The Balaban J connectivity index is 1.26. The van der Waals surface area contributed by atoms with Crippen molar-refractivity contribution in [3.05, 3.63) is 33.6 Å². The van der Waals surface area contributed by atoms with Crippen molar-refractivity contribution in [3.8, 4) is 0 Å². The van der Waals surface area contributed by atoms with Crippen LogP contribution in [0.2, 0.25) is 5.02 Å². The Bertz CT molecular complexity index is 1030. The molecule has 5 nitrogen and oxygen atoms in total. The minimum Gasteiger partial charge on any atom is -0.355 e. The van der Waals surface area contributed by atoms with Crippen LogP contribution in [0.15, 0.2) is 28.2 Å². The van der Waals surface area contributed by atoms with Gasteiger partial charge in [0.05, 0.1) is 16.7 Å². The van der Waals surface area contributed by atoms with E-state index in [9.17, 15) is 9.59 Å². The van der Waals surface area contributed by atoms with E-state index >= 15 is 0 Å². The molecule has 31 heavy (non-hydrogen) atoms. The summed E-state index contributed by atoms with van der Waals surface area (Å²) in [6.07, 6.45) is 8.92. The molecule has 0 radical (unpaired) electrons. The highest BCUT2D eigenvalue weighted by Crippen LogP contribution is 2.59. The van der Waals surface area contributed by atoms with Gasteiger partial charge in [-0.3, -0.25) is 14.2 Å². The van der Waals surface area contributed by atoms with Crippen LogP contribution in [0.5, 0.6) is 0 Å². The van der Waals surface area contributed by atoms with Gasteiger partial charge in [-0.15, -0.1) is 0 Å². The first kappa shape index (κ1) is 21.3. The summed E-state index contributed by atoms with van der Waals surface area (Å²) >= 11 is 7.45. The second-order valence-electron chi connectivity index (χ2n) is 10.00. The third-order valence-corrected chi connectivity index (χ3v) is 8.70. The SMILES string of the molecule is CCCn1c(SCC(=O)NCC23CC4CC(CC(C4)C2)C3)nc2cc(Cl)ccc2c1=O. The second-order valence-corrected chi connectivity index (χ2v) is 11.4. The molecule has 1 N–H and O–H groups in total. The van der Waals surface area contributed by atoms with Crippen molar-refractivity contribution in [2.24, 2.45) is 23.2 Å². The number of hydrogen-bond acceptors (Lipinski definition) is 4. The van der Waals surface area contributed by atoms with Crippen molar-refractivity contribution in [3.63, 3.8) is 0 Å². The number of halogens is 1. The summed E-state index contributed by atoms with van der Waals surface area (Å²) in [5.41, 5.74) is 0.846. The van der Waals surface area contributed by atoms with Crippen molar-refractivity contribution >= 4 is 40.2 Å². The Morgan fingerprint density at radius 1 is 1.23 bits per heavy atom. The smallest absolute Gasteiger partial charge is 0.262 e. The highest BCUT2D eigenvalue weighted by Gasteiger charge is 2.50. The van der Waals surface area contributed by atoms with E-state index in [0.29, 0.717) is 33.0 Å². The van der Waals surface area contributed by atoms with E-state index < -0.39 is 0 Å². The lowest BCUT2D eigenvalue weighted by Crippen LogP contribution is -2.51. The van der Waals surface area contributed by atoms with Crippen LogP contribution in [0.25, 0.3) is 10.9 Å². The van der Waals surface area contributed by atoms with Gasteiger partial charge in [-0.1, -0.05) is 30.3 Å². The van der Waals surface area contributed by atoms with E-state index in [-0.39, 0.29) is 17.2 Å². The number of carbonyl (C=O) groups is 1. The molecule has 4 saturated carbocycles. The van der Waals surface area contributed by atoms with Crippen LogP contribution in [0.4, 0.5) is 0 Å². The summed E-state index contributed by atoms with van der Waals surface area (Å²) in [5, 5.41) is 4.93. The number of benzene rings is 1. The van der Waals surface area contributed by atoms with Gasteiger partial charge in [-0.05, 0) is 86.3 Å². The van der Waals surface area contributed by atoms with Crippen LogP contribution in [0.3, 0.4) is 0 Å². The number of nitrogens with zero attached hydrogens (tertiary/aromatic N) is 2. The molecule has 6 rings (SSSR count). The van der Waals surface area contributed by atoms with Gasteiger partial charge in [0.25, 0.3) is 5.56 Å². The monoisotopic (exact) mass is 459 g/mol. The Morgan fingerprint density at radius 3 is 2.55 bits per heavy atom. The van der Waals surface area contributed by atoms with E-state index in [1.54, 1.807) is 22.8 Å². The van der Waals surface area contributed by atoms with E-state index in [2.05, 4.69) is 10.3 Å². The molecular formula is C24H30ClN3O2S. The first-order valence-electron chi connectivity index (χ1n) is 11.5. The molecule has 1 aromatic carbocycles. The Hall–Kier alpha value is -1.53. The third-order valence-electron chi connectivity index (χ3n) is 7.49. The summed E-state index contributed by atoms with van der Waals surface area (Å²) in [7, 11) is 0. The minimum absolute atomic E-state index is 0.0317. The molecule has 2 aromatic rings. The molecule has 1 aromatic heterocycles. The zero-order valence-corrected chi connectivity index (χ0v) is 19.6. The normalized spacial score (nSPS) is 28.9. The third kappa shape index (κ3) is 4.25.